The molecule has 0 bridgehead atoms. The van der Waals surface area contributed by atoms with Crippen LogP contribution in [0.2, 0.25) is 0 Å². The van der Waals surface area contributed by atoms with Crippen molar-refractivity contribution in [3.05, 3.63) is 99.6 Å². The number of nitrogens with one attached hydrogen (secondary N) is 2. The van der Waals surface area contributed by atoms with E-state index in [2.05, 4.69) is 10.9 Å². The number of hydrazine groups is 1. The number of carbonyl (C=O) groups is 3. The number of esters is 1. The zero-order valence-electron chi connectivity index (χ0n) is 17.4. The molecule has 0 atom stereocenters. The monoisotopic (exact) mass is 465 g/mol. The van der Waals surface area contributed by atoms with Gasteiger partial charge in [-0.1, -0.05) is 47.7 Å². The second-order valence-corrected chi connectivity index (χ2v) is 7.91. The third-order valence-electron chi connectivity index (χ3n) is 4.33. The number of nitro groups is 1. The van der Waals surface area contributed by atoms with Gasteiger partial charge < -0.3 is 4.74 Å². The number of carbonyl (C=O) groups excluding carboxylic acids is 3. The minimum Gasteiger partial charge on any atom is -0.452 e. The van der Waals surface area contributed by atoms with E-state index in [0.717, 1.165) is 16.5 Å². The third kappa shape index (κ3) is 6.65. The normalized spacial score (nSPS) is 10.2. The standard InChI is InChI=1S/C23H19N3O6S/c1-15-7-10-18(11-8-15)33-20-12-9-17(13-19(20)26(30)31)23(29)32-14-21(27)24-25-22(28)16-5-3-2-4-6-16/h2-13H,14H2,1H3,(H,24,27)(H,25,28). The molecule has 33 heavy (non-hydrogen) atoms. The quantitative estimate of drug-likeness (QED) is 0.309. The molecule has 0 aliphatic heterocycles. The Morgan fingerprint density at radius 3 is 2.30 bits per heavy atom. The minimum absolute atomic E-state index is 0.0731. The van der Waals surface area contributed by atoms with Crippen molar-refractivity contribution < 1.29 is 24.0 Å². The molecule has 10 heteroatoms. The molecule has 0 aliphatic carbocycles. The van der Waals surface area contributed by atoms with Crippen LogP contribution in [0.3, 0.4) is 0 Å². The Labute approximate surface area is 193 Å². The Kier molecular flexibility index (Phi) is 7.77. The second kappa shape index (κ2) is 10.9. The van der Waals surface area contributed by atoms with E-state index < -0.39 is 29.3 Å². The number of hydrogen-bond donors (Lipinski definition) is 2. The van der Waals surface area contributed by atoms with Crippen LogP contribution in [0.4, 0.5) is 5.69 Å². The van der Waals surface area contributed by atoms with E-state index in [1.54, 1.807) is 30.3 Å². The molecule has 0 saturated heterocycles. The molecule has 3 rings (SSSR count). The number of benzene rings is 3. The first-order chi connectivity index (χ1) is 15.8. The number of amides is 2. The number of hydrogen-bond acceptors (Lipinski definition) is 7. The average molecular weight is 465 g/mol. The molecule has 9 nitrogen and oxygen atoms in total. The molecule has 168 valence electrons. The predicted octanol–water partition coefficient (Wildman–Crippen LogP) is 3.67. The molecule has 2 amide bonds. The summed E-state index contributed by atoms with van der Waals surface area (Å²) < 4.78 is 4.90. The summed E-state index contributed by atoms with van der Waals surface area (Å²) in [5.41, 5.74) is 5.40. The number of rotatable bonds is 7. The van der Waals surface area contributed by atoms with E-state index in [1.807, 2.05) is 31.2 Å². The van der Waals surface area contributed by atoms with Gasteiger partial charge in [-0.2, -0.15) is 0 Å². The molecule has 0 fully saturated rings. The van der Waals surface area contributed by atoms with Crippen LogP contribution in [0.25, 0.3) is 0 Å². The van der Waals surface area contributed by atoms with Gasteiger partial charge in [-0.05, 0) is 43.3 Å². The molecule has 0 heterocycles. The van der Waals surface area contributed by atoms with Gasteiger partial charge in [0.15, 0.2) is 6.61 Å². The molecule has 3 aromatic carbocycles. The van der Waals surface area contributed by atoms with Crippen LogP contribution in [0.5, 0.6) is 0 Å². The van der Waals surface area contributed by atoms with E-state index in [9.17, 15) is 24.5 Å². The number of nitrogens with zero attached hydrogens (tertiary/aromatic N) is 1. The fourth-order valence-corrected chi connectivity index (χ4v) is 3.55. The molecule has 0 aliphatic rings. The Morgan fingerprint density at radius 2 is 1.64 bits per heavy atom. The van der Waals surface area contributed by atoms with E-state index in [1.165, 1.54) is 23.9 Å². The Hall–Kier alpha value is -4.18. The first kappa shape index (κ1) is 23.5. The summed E-state index contributed by atoms with van der Waals surface area (Å²) in [5.74, 6) is -2.21. The van der Waals surface area contributed by atoms with Crippen LogP contribution in [0, 0.1) is 17.0 Å². The molecule has 0 radical (unpaired) electrons. The zero-order valence-corrected chi connectivity index (χ0v) is 18.3. The van der Waals surface area contributed by atoms with Crippen molar-refractivity contribution in [1.29, 1.82) is 0 Å². The van der Waals surface area contributed by atoms with E-state index in [4.69, 9.17) is 4.74 Å². The smallest absolute Gasteiger partial charge is 0.338 e. The van der Waals surface area contributed by atoms with Crippen molar-refractivity contribution in [3.8, 4) is 0 Å². The fraction of sp³-hybridized carbons (Fsp3) is 0.0870. The highest BCUT2D eigenvalue weighted by molar-refractivity contribution is 7.99. The van der Waals surface area contributed by atoms with E-state index in [-0.39, 0.29) is 11.3 Å². The first-order valence-electron chi connectivity index (χ1n) is 9.68. The maximum atomic E-state index is 12.3. The van der Waals surface area contributed by atoms with Crippen molar-refractivity contribution in [2.45, 2.75) is 16.7 Å². The number of ether oxygens (including phenoxy) is 1. The highest BCUT2D eigenvalue weighted by Gasteiger charge is 2.20. The molecule has 0 saturated carbocycles. The van der Waals surface area contributed by atoms with Gasteiger partial charge in [0.05, 0.1) is 15.4 Å². The van der Waals surface area contributed by atoms with Gasteiger partial charge >= 0.3 is 5.97 Å². The lowest BCUT2D eigenvalue weighted by Gasteiger charge is -2.09. The van der Waals surface area contributed by atoms with Crippen molar-refractivity contribution in [2.75, 3.05) is 6.61 Å². The lowest BCUT2D eigenvalue weighted by atomic mass is 10.2. The van der Waals surface area contributed by atoms with Crippen LogP contribution in [0.1, 0.15) is 26.3 Å². The van der Waals surface area contributed by atoms with Gasteiger partial charge in [-0.15, -0.1) is 0 Å². The van der Waals surface area contributed by atoms with Crippen molar-refractivity contribution >= 4 is 35.2 Å². The summed E-state index contributed by atoms with van der Waals surface area (Å²) in [5, 5.41) is 11.5. The summed E-state index contributed by atoms with van der Waals surface area (Å²) in [6.07, 6.45) is 0. The van der Waals surface area contributed by atoms with Crippen LogP contribution < -0.4 is 10.9 Å². The maximum absolute atomic E-state index is 12.3. The van der Waals surface area contributed by atoms with Crippen LogP contribution >= 0.6 is 11.8 Å². The molecule has 0 spiro atoms. The Balaban J connectivity index is 1.58. The van der Waals surface area contributed by atoms with Crippen molar-refractivity contribution in [3.63, 3.8) is 0 Å². The maximum Gasteiger partial charge on any atom is 0.338 e. The highest BCUT2D eigenvalue weighted by Crippen LogP contribution is 2.35. The second-order valence-electron chi connectivity index (χ2n) is 6.80. The molecule has 0 unspecified atom stereocenters. The van der Waals surface area contributed by atoms with Gasteiger partial charge in [0.2, 0.25) is 0 Å². The van der Waals surface area contributed by atoms with E-state index in [0.29, 0.717) is 10.5 Å². The lowest BCUT2D eigenvalue weighted by Crippen LogP contribution is -2.43. The molecule has 2 N–H and O–H groups in total. The fourth-order valence-electron chi connectivity index (χ4n) is 2.65. The number of aryl methyl sites for hydroxylation is 1. The van der Waals surface area contributed by atoms with Gasteiger partial charge in [-0.25, -0.2) is 4.79 Å². The SMILES string of the molecule is Cc1ccc(Sc2ccc(C(=O)OCC(=O)NNC(=O)c3ccccc3)cc2[N+](=O)[O-])cc1. The summed E-state index contributed by atoms with van der Waals surface area (Å²) in [6, 6.07) is 19.7. The predicted molar refractivity (Wildman–Crippen MR) is 121 cm³/mol. The van der Waals surface area contributed by atoms with Gasteiger partial charge in [0.25, 0.3) is 17.5 Å². The summed E-state index contributed by atoms with van der Waals surface area (Å²) >= 11 is 1.20. The van der Waals surface area contributed by atoms with Crippen LogP contribution in [0.15, 0.2) is 82.6 Å². The van der Waals surface area contributed by atoms with Crippen LogP contribution in [-0.2, 0) is 9.53 Å². The lowest BCUT2D eigenvalue weighted by molar-refractivity contribution is -0.387. The summed E-state index contributed by atoms with van der Waals surface area (Å²) in [6.45, 7) is 1.26. The van der Waals surface area contributed by atoms with E-state index >= 15 is 0 Å². The Morgan fingerprint density at radius 1 is 0.939 bits per heavy atom. The Bertz CT molecular complexity index is 1180. The largest absolute Gasteiger partial charge is 0.452 e. The summed E-state index contributed by atoms with van der Waals surface area (Å²) in [4.78, 5) is 48.1. The number of nitro benzene ring substituents is 1. The van der Waals surface area contributed by atoms with Crippen LogP contribution in [-0.4, -0.2) is 29.3 Å². The first-order valence-corrected chi connectivity index (χ1v) is 10.5. The molecule has 0 aromatic heterocycles. The van der Waals surface area contributed by atoms with Gasteiger partial charge in [0, 0.05) is 16.5 Å². The highest BCUT2D eigenvalue weighted by atomic mass is 32.2. The van der Waals surface area contributed by atoms with Crippen molar-refractivity contribution in [1.82, 2.24) is 10.9 Å². The molecular formula is C23H19N3O6S. The molecule has 3 aromatic rings. The van der Waals surface area contributed by atoms with Gasteiger partial charge in [-0.3, -0.25) is 30.6 Å². The van der Waals surface area contributed by atoms with Gasteiger partial charge in [0.1, 0.15) is 0 Å². The summed E-state index contributed by atoms with van der Waals surface area (Å²) in [7, 11) is 0. The molecular weight excluding hydrogens is 446 g/mol. The topological polar surface area (TPSA) is 128 Å². The average Bonchev–Trinajstić information content (AvgIpc) is 2.83. The third-order valence-corrected chi connectivity index (χ3v) is 5.40. The minimum atomic E-state index is -0.908. The van der Waals surface area contributed by atoms with Crippen molar-refractivity contribution in [2.24, 2.45) is 0 Å². The zero-order chi connectivity index (χ0) is 23.8.